The summed E-state index contributed by atoms with van der Waals surface area (Å²) in [6, 6.07) is 0. The normalized spacial score (nSPS) is 48.4. The number of aldehydes is 1. The highest BCUT2D eigenvalue weighted by molar-refractivity contribution is 5.55. The molecule has 0 spiro atoms. The number of carbonyl (C=O) groups excluding carboxylic acids is 1. The third kappa shape index (κ3) is 0.609. The van der Waals surface area contributed by atoms with Crippen molar-refractivity contribution in [2.45, 2.75) is 26.7 Å². The fraction of sp³-hybridized carbons (Fsp3) is 0.889. The van der Waals surface area contributed by atoms with Crippen LogP contribution < -0.4 is 0 Å². The first kappa shape index (κ1) is 6.38. The predicted octanol–water partition coefficient (Wildman–Crippen LogP) is 1.87. The predicted molar refractivity (Wildman–Crippen MR) is 39.5 cm³/mol. The van der Waals surface area contributed by atoms with Crippen molar-refractivity contribution in [1.82, 2.24) is 0 Å². The molecule has 0 N–H and O–H groups in total. The van der Waals surface area contributed by atoms with Crippen LogP contribution in [0.2, 0.25) is 0 Å². The van der Waals surface area contributed by atoms with E-state index in [1.54, 1.807) is 0 Å². The minimum Gasteiger partial charge on any atom is -0.303 e. The van der Waals surface area contributed by atoms with E-state index in [2.05, 4.69) is 13.8 Å². The zero-order valence-corrected chi connectivity index (χ0v) is 6.63. The van der Waals surface area contributed by atoms with Crippen LogP contribution in [-0.4, -0.2) is 6.29 Å². The maximum absolute atomic E-state index is 10.4. The van der Waals surface area contributed by atoms with E-state index in [4.69, 9.17) is 0 Å². The van der Waals surface area contributed by atoms with Crippen molar-refractivity contribution in [3.05, 3.63) is 0 Å². The van der Waals surface area contributed by atoms with Crippen LogP contribution in [0.5, 0.6) is 0 Å². The molecule has 56 valence electrons. The molecule has 2 rings (SSSR count). The molecule has 2 unspecified atom stereocenters. The second-order valence-electron chi connectivity index (χ2n) is 4.40. The Bertz CT molecular complexity index is 158. The van der Waals surface area contributed by atoms with Gasteiger partial charge >= 0.3 is 0 Å². The second kappa shape index (κ2) is 1.63. The topological polar surface area (TPSA) is 17.1 Å². The molecule has 2 saturated carbocycles. The van der Waals surface area contributed by atoms with Gasteiger partial charge < -0.3 is 4.79 Å². The molecule has 1 heteroatoms. The summed E-state index contributed by atoms with van der Waals surface area (Å²) < 4.78 is 0. The molecule has 0 radical (unpaired) electrons. The minimum atomic E-state index is 0.406. The van der Waals surface area contributed by atoms with Crippen LogP contribution in [0, 0.1) is 23.2 Å². The molecule has 0 bridgehead atoms. The van der Waals surface area contributed by atoms with Gasteiger partial charge in [0.05, 0.1) is 0 Å². The monoisotopic (exact) mass is 138 g/mol. The molecule has 10 heavy (non-hydrogen) atoms. The molecule has 2 fully saturated rings. The third-order valence-electron chi connectivity index (χ3n) is 3.59. The van der Waals surface area contributed by atoms with Gasteiger partial charge in [-0.25, -0.2) is 0 Å². The Morgan fingerprint density at radius 3 is 2.20 bits per heavy atom. The molecule has 2 atom stereocenters. The summed E-state index contributed by atoms with van der Waals surface area (Å²) in [7, 11) is 0. The van der Waals surface area contributed by atoms with Gasteiger partial charge in [-0.15, -0.1) is 0 Å². The van der Waals surface area contributed by atoms with Gasteiger partial charge in [0.2, 0.25) is 0 Å². The summed E-state index contributed by atoms with van der Waals surface area (Å²) in [4.78, 5) is 10.4. The Hall–Kier alpha value is -0.330. The van der Waals surface area contributed by atoms with Crippen molar-refractivity contribution in [3.63, 3.8) is 0 Å². The van der Waals surface area contributed by atoms with Gasteiger partial charge in [-0.3, -0.25) is 0 Å². The van der Waals surface area contributed by atoms with E-state index in [0.717, 1.165) is 18.1 Å². The van der Waals surface area contributed by atoms with E-state index in [1.165, 1.54) is 12.8 Å². The largest absolute Gasteiger partial charge is 0.303 e. The van der Waals surface area contributed by atoms with Crippen LogP contribution in [0.1, 0.15) is 26.7 Å². The lowest BCUT2D eigenvalue weighted by Crippen LogP contribution is -2.05. The zero-order valence-electron chi connectivity index (χ0n) is 6.63. The minimum absolute atomic E-state index is 0.406. The number of fused-ring (bicyclic) bond motifs is 1. The summed E-state index contributed by atoms with van der Waals surface area (Å²) in [5.74, 6) is 2.16. The average molecular weight is 138 g/mol. The highest BCUT2D eigenvalue weighted by Gasteiger charge is 2.61. The van der Waals surface area contributed by atoms with Crippen molar-refractivity contribution in [2.75, 3.05) is 0 Å². The zero-order chi connectivity index (χ0) is 7.35. The molecule has 2 aliphatic rings. The third-order valence-corrected chi connectivity index (χ3v) is 3.59. The quantitative estimate of drug-likeness (QED) is 0.505. The van der Waals surface area contributed by atoms with Crippen LogP contribution in [0.4, 0.5) is 0 Å². The molecule has 0 heterocycles. The van der Waals surface area contributed by atoms with Crippen molar-refractivity contribution in [2.24, 2.45) is 23.2 Å². The van der Waals surface area contributed by atoms with Gasteiger partial charge in [0, 0.05) is 5.92 Å². The van der Waals surface area contributed by atoms with Crippen molar-refractivity contribution in [1.29, 1.82) is 0 Å². The van der Waals surface area contributed by atoms with E-state index in [1.807, 2.05) is 0 Å². The molecule has 1 nitrogen and oxygen atoms in total. The highest BCUT2D eigenvalue weighted by atomic mass is 16.1. The van der Waals surface area contributed by atoms with Crippen LogP contribution in [0.25, 0.3) is 0 Å². The lowest BCUT2D eigenvalue weighted by molar-refractivity contribution is -0.111. The standard InChI is InChI=1S/C9H14O/c1-9(2)7-3-6(5-10)4-8(7)9/h5-8H,3-4H2,1-2H3. The number of hydrogen-bond donors (Lipinski definition) is 0. The van der Waals surface area contributed by atoms with Crippen molar-refractivity contribution in [3.8, 4) is 0 Å². The Morgan fingerprint density at radius 1 is 1.30 bits per heavy atom. The molecular weight excluding hydrogens is 124 g/mol. The van der Waals surface area contributed by atoms with Gasteiger partial charge in [-0.05, 0) is 30.1 Å². The molecule has 0 aromatic carbocycles. The average Bonchev–Trinajstić information content (AvgIpc) is 2.37. The second-order valence-corrected chi connectivity index (χ2v) is 4.40. The lowest BCUT2D eigenvalue weighted by Gasteiger charge is -2.10. The van der Waals surface area contributed by atoms with Crippen molar-refractivity contribution >= 4 is 6.29 Å². The van der Waals surface area contributed by atoms with Gasteiger partial charge in [-0.2, -0.15) is 0 Å². The van der Waals surface area contributed by atoms with Crippen LogP contribution in [0.3, 0.4) is 0 Å². The molecule has 0 saturated heterocycles. The highest BCUT2D eigenvalue weighted by Crippen LogP contribution is 2.67. The van der Waals surface area contributed by atoms with Crippen LogP contribution in [-0.2, 0) is 4.79 Å². The summed E-state index contributed by atoms with van der Waals surface area (Å²) in [6.07, 6.45) is 3.48. The molecule has 0 aliphatic heterocycles. The summed E-state index contributed by atoms with van der Waals surface area (Å²) in [5.41, 5.74) is 0.583. The first-order chi connectivity index (χ1) is 4.66. The van der Waals surface area contributed by atoms with Crippen LogP contribution >= 0.6 is 0 Å². The van der Waals surface area contributed by atoms with Gasteiger partial charge in [0.15, 0.2) is 0 Å². The van der Waals surface area contributed by atoms with Gasteiger partial charge in [0.1, 0.15) is 6.29 Å². The van der Waals surface area contributed by atoms with Gasteiger partial charge in [-0.1, -0.05) is 13.8 Å². The lowest BCUT2D eigenvalue weighted by atomic mass is 9.94. The van der Waals surface area contributed by atoms with E-state index in [-0.39, 0.29) is 0 Å². The molecule has 0 amide bonds. The maximum Gasteiger partial charge on any atom is 0.123 e. The van der Waals surface area contributed by atoms with E-state index < -0.39 is 0 Å². The Labute approximate surface area is 61.8 Å². The summed E-state index contributed by atoms with van der Waals surface area (Å²) in [6.45, 7) is 4.65. The smallest absolute Gasteiger partial charge is 0.123 e. The number of carbonyl (C=O) groups is 1. The Morgan fingerprint density at radius 2 is 1.80 bits per heavy atom. The Kier molecular flexibility index (Phi) is 1.04. The first-order valence-corrected chi connectivity index (χ1v) is 4.11. The molecule has 2 aliphatic carbocycles. The van der Waals surface area contributed by atoms with Gasteiger partial charge in [0.25, 0.3) is 0 Å². The molecular formula is C9H14O. The Balaban J connectivity index is 2.01. The van der Waals surface area contributed by atoms with Crippen molar-refractivity contribution < 1.29 is 4.79 Å². The van der Waals surface area contributed by atoms with E-state index in [9.17, 15) is 4.79 Å². The first-order valence-electron chi connectivity index (χ1n) is 4.11. The van der Waals surface area contributed by atoms with Crippen LogP contribution in [0.15, 0.2) is 0 Å². The fourth-order valence-corrected chi connectivity index (χ4v) is 2.65. The van der Waals surface area contributed by atoms with E-state index >= 15 is 0 Å². The maximum atomic E-state index is 10.4. The summed E-state index contributed by atoms with van der Waals surface area (Å²) in [5, 5.41) is 0. The molecule has 0 aromatic rings. The molecule has 0 aromatic heterocycles. The number of rotatable bonds is 1. The summed E-state index contributed by atoms with van der Waals surface area (Å²) >= 11 is 0. The SMILES string of the molecule is CC1(C)C2CC(C=O)CC21. The fourth-order valence-electron chi connectivity index (χ4n) is 2.65. The number of hydrogen-bond acceptors (Lipinski definition) is 1. The van der Waals surface area contributed by atoms with E-state index in [0.29, 0.717) is 11.3 Å².